The highest BCUT2D eigenvalue weighted by atomic mass is 16.5. The van der Waals surface area contributed by atoms with E-state index in [1.165, 1.54) is 6.20 Å². The average molecular weight is 122 g/mol. The van der Waals surface area contributed by atoms with Crippen molar-refractivity contribution in [3.63, 3.8) is 0 Å². The van der Waals surface area contributed by atoms with E-state index in [9.17, 15) is 0 Å². The molecule has 2 aromatic heterocycles. The molecule has 2 heterocycles. The largest absolute Gasteiger partial charge is 0.335 e. The van der Waals surface area contributed by atoms with Crippen LogP contribution < -0.4 is 0 Å². The molecule has 5 heteroatoms. The molecule has 0 aliphatic carbocycles. The van der Waals surface area contributed by atoms with E-state index in [0.29, 0.717) is 11.2 Å². The topological polar surface area (TPSA) is 64.7 Å². The lowest BCUT2D eigenvalue weighted by Crippen LogP contribution is -1.78. The zero-order valence-electron chi connectivity index (χ0n) is 4.35. The maximum atomic E-state index is 4.65. The fourth-order valence-electron chi connectivity index (χ4n) is 0.556. The SMILES string of the molecule is c1cc2onnc2nn1. The van der Waals surface area contributed by atoms with E-state index in [1.807, 2.05) is 0 Å². The second-order valence-corrected chi connectivity index (χ2v) is 1.49. The van der Waals surface area contributed by atoms with Gasteiger partial charge in [-0.15, -0.1) is 5.10 Å². The first kappa shape index (κ1) is 4.37. The maximum Gasteiger partial charge on any atom is 0.244 e. The first-order chi connectivity index (χ1) is 4.47. The highest BCUT2D eigenvalue weighted by Gasteiger charge is 1.96. The summed E-state index contributed by atoms with van der Waals surface area (Å²) in [6.45, 7) is 0. The quantitative estimate of drug-likeness (QED) is 0.492. The van der Waals surface area contributed by atoms with Crippen LogP contribution in [-0.2, 0) is 0 Å². The van der Waals surface area contributed by atoms with E-state index in [-0.39, 0.29) is 0 Å². The summed E-state index contributed by atoms with van der Waals surface area (Å²) in [5.41, 5.74) is 1.00. The fraction of sp³-hybridized carbons (Fsp3) is 0. The van der Waals surface area contributed by atoms with Crippen LogP contribution in [0.4, 0.5) is 0 Å². The van der Waals surface area contributed by atoms with Gasteiger partial charge in [-0.3, -0.25) is 0 Å². The van der Waals surface area contributed by atoms with Gasteiger partial charge in [-0.25, -0.2) is 0 Å². The van der Waals surface area contributed by atoms with E-state index in [2.05, 4.69) is 25.1 Å². The fourth-order valence-corrected chi connectivity index (χ4v) is 0.556. The van der Waals surface area contributed by atoms with Gasteiger partial charge in [0.15, 0.2) is 0 Å². The molecule has 0 spiro atoms. The van der Waals surface area contributed by atoms with Gasteiger partial charge in [0.1, 0.15) is 0 Å². The summed E-state index contributed by atoms with van der Waals surface area (Å²) in [6, 6.07) is 1.66. The summed E-state index contributed by atoms with van der Waals surface area (Å²) in [4.78, 5) is 0. The van der Waals surface area contributed by atoms with E-state index >= 15 is 0 Å². The monoisotopic (exact) mass is 122 g/mol. The lowest BCUT2D eigenvalue weighted by Gasteiger charge is -1.75. The molecule has 0 aliphatic heterocycles. The van der Waals surface area contributed by atoms with Crippen molar-refractivity contribution in [2.75, 3.05) is 0 Å². The Labute approximate surface area is 49.7 Å². The minimum atomic E-state index is 0.442. The van der Waals surface area contributed by atoms with Crippen LogP contribution >= 0.6 is 0 Å². The lowest BCUT2D eigenvalue weighted by molar-refractivity contribution is 0.424. The molecule has 2 aromatic rings. The van der Waals surface area contributed by atoms with Crippen LogP contribution in [0.2, 0.25) is 0 Å². The third-order valence-electron chi connectivity index (χ3n) is 0.940. The van der Waals surface area contributed by atoms with Gasteiger partial charge in [0.25, 0.3) is 0 Å². The summed E-state index contributed by atoms with van der Waals surface area (Å²) in [6.07, 6.45) is 1.52. The molecule has 0 aromatic carbocycles. The number of hydrogen-bond donors (Lipinski definition) is 0. The van der Waals surface area contributed by atoms with Crippen LogP contribution in [-0.4, -0.2) is 20.6 Å². The Balaban J connectivity index is 2.95. The van der Waals surface area contributed by atoms with Gasteiger partial charge in [0, 0.05) is 11.3 Å². The minimum absolute atomic E-state index is 0.442. The molecule has 0 N–H and O–H groups in total. The summed E-state index contributed by atoms with van der Waals surface area (Å²) in [7, 11) is 0. The van der Waals surface area contributed by atoms with Crippen LogP contribution in [0.3, 0.4) is 0 Å². The lowest BCUT2D eigenvalue weighted by atomic mass is 10.5. The minimum Gasteiger partial charge on any atom is -0.335 e. The molecule has 44 valence electrons. The van der Waals surface area contributed by atoms with Crippen molar-refractivity contribution in [2.24, 2.45) is 0 Å². The Morgan fingerprint density at radius 1 is 1.33 bits per heavy atom. The summed E-state index contributed by atoms with van der Waals surface area (Å²) in [5, 5.41) is 14.0. The zero-order valence-corrected chi connectivity index (χ0v) is 4.35. The van der Waals surface area contributed by atoms with E-state index in [0.717, 1.165) is 0 Å². The molecule has 0 saturated heterocycles. The van der Waals surface area contributed by atoms with Gasteiger partial charge >= 0.3 is 0 Å². The molecular formula is C4H2N4O. The Kier molecular flexibility index (Phi) is 0.717. The molecule has 0 fully saturated rings. The first-order valence-electron chi connectivity index (χ1n) is 2.36. The molecule has 0 aliphatic rings. The molecule has 0 atom stereocenters. The smallest absolute Gasteiger partial charge is 0.244 e. The van der Waals surface area contributed by atoms with Gasteiger partial charge in [-0.05, 0) is 0 Å². The molecule has 0 amide bonds. The molecule has 0 radical (unpaired) electrons. The second kappa shape index (κ2) is 1.48. The van der Waals surface area contributed by atoms with Crippen LogP contribution in [0.25, 0.3) is 11.2 Å². The highest BCUT2D eigenvalue weighted by molar-refractivity contribution is 5.64. The number of hydrogen-bond acceptors (Lipinski definition) is 5. The van der Waals surface area contributed by atoms with Crippen LogP contribution in [0.5, 0.6) is 0 Å². The molecule has 0 bridgehead atoms. The Morgan fingerprint density at radius 3 is 3.22 bits per heavy atom. The summed E-state index contributed by atoms with van der Waals surface area (Å²) < 4.78 is 4.65. The molecule has 9 heavy (non-hydrogen) atoms. The molecule has 5 nitrogen and oxygen atoms in total. The van der Waals surface area contributed by atoms with Crippen molar-refractivity contribution < 1.29 is 4.52 Å². The third kappa shape index (κ3) is 0.543. The van der Waals surface area contributed by atoms with Crippen molar-refractivity contribution in [3.05, 3.63) is 12.3 Å². The van der Waals surface area contributed by atoms with Gasteiger partial charge in [-0.2, -0.15) is 5.10 Å². The van der Waals surface area contributed by atoms with Crippen LogP contribution in [0.15, 0.2) is 16.8 Å². The van der Waals surface area contributed by atoms with Crippen molar-refractivity contribution in [1.82, 2.24) is 20.6 Å². The predicted octanol–water partition coefficient (Wildman–Crippen LogP) is 0.0128. The van der Waals surface area contributed by atoms with Crippen molar-refractivity contribution in [3.8, 4) is 0 Å². The van der Waals surface area contributed by atoms with Gasteiger partial charge in [0.05, 0.1) is 6.20 Å². The third-order valence-corrected chi connectivity index (χ3v) is 0.940. The van der Waals surface area contributed by atoms with Gasteiger partial charge in [0.2, 0.25) is 11.2 Å². The summed E-state index contributed by atoms with van der Waals surface area (Å²) in [5.74, 6) is 0. The van der Waals surface area contributed by atoms with Crippen molar-refractivity contribution in [2.45, 2.75) is 0 Å². The summed E-state index contributed by atoms with van der Waals surface area (Å²) >= 11 is 0. The van der Waals surface area contributed by atoms with E-state index in [4.69, 9.17) is 0 Å². The maximum absolute atomic E-state index is 4.65. The van der Waals surface area contributed by atoms with Crippen LogP contribution in [0, 0.1) is 0 Å². The molecular weight excluding hydrogens is 120 g/mol. The van der Waals surface area contributed by atoms with E-state index < -0.39 is 0 Å². The number of nitrogens with zero attached hydrogens (tertiary/aromatic N) is 4. The normalized spacial score (nSPS) is 10.2. The standard InChI is InChI=1S/C4H2N4O/c1-2-5-6-4-3(1)9-8-7-4/h1-2H. The number of rotatable bonds is 0. The van der Waals surface area contributed by atoms with Crippen LogP contribution in [0.1, 0.15) is 0 Å². The van der Waals surface area contributed by atoms with Crippen molar-refractivity contribution >= 4 is 11.2 Å². The van der Waals surface area contributed by atoms with Gasteiger partial charge in [-0.1, -0.05) is 5.10 Å². The zero-order chi connectivity index (χ0) is 6.10. The Morgan fingerprint density at radius 2 is 2.33 bits per heavy atom. The number of aromatic nitrogens is 4. The molecule has 0 saturated carbocycles. The Hall–Kier alpha value is -1.52. The number of fused-ring (bicyclic) bond motifs is 1. The predicted molar refractivity (Wildman–Crippen MR) is 27.4 cm³/mol. The first-order valence-corrected chi connectivity index (χ1v) is 2.36. The average Bonchev–Trinajstić information content (AvgIpc) is 2.33. The van der Waals surface area contributed by atoms with Gasteiger partial charge < -0.3 is 4.52 Å². The Bertz CT molecular complexity index is 287. The molecule has 2 rings (SSSR count). The second-order valence-electron chi connectivity index (χ2n) is 1.49. The molecule has 0 unspecified atom stereocenters. The van der Waals surface area contributed by atoms with Crippen molar-refractivity contribution in [1.29, 1.82) is 0 Å². The highest BCUT2D eigenvalue weighted by Crippen LogP contribution is 2.01. The van der Waals surface area contributed by atoms with E-state index in [1.54, 1.807) is 6.07 Å².